The van der Waals surface area contributed by atoms with Crippen LogP contribution in [0, 0.1) is 13.8 Å². The predicted octanol–water partition coefficient (Wildman–Crippen LogP) is 2.26. The van der Waals surface area contributed by atoms with E-state index in [9.17, 15) is 9.59 Å². The highest BCUT2D eigenvalue weighted by Gasteiger charge is 2.28. The number of carbonyl (C=O) groups is 1. The maximum atomic E-state index is 12.5. The molecule has 0 spiro atoms. The van der Waals surface area contributed by atoms with Gasteiger partial charge in [-0.1, -0.05) is 30.0 Å². The second-order valence-electron chi connectivity index (χ2n) is 6.36. The van der Waals surface area contributed by atoms with Crippen molar-refractivity contribution in [2.24, 2.45) is 0 Å². The molecule has 1 aliphatic rings. The number of nitrogens with one attached hydrogen (secondary N) is 1. The molecule has 0 aliphatic carbocycles. The number of aryl methyl sites for hydroxylation is 1. The lowest BCUT2D eigenvalue weighted by Crippen LogP contribution is -2.32. The van der Waals surface area contributed by atoms with Crippen molar-refractivity contribution < 1.29 is 9.53 Å². The Kier molecular flexibility index (Phi) is 5.66. The van der Waals surface area contributed by atoms with Crippen molar-refractivity contribution in [3.05, 3.63) is 51.4 Å². The molecule has 0 saturated carbocycles. The molecule has 1 aromatic heterocycles. The van der Waals surface area contributed by atoms with E-state index in [4.69, 9.17) is 4.74 Å². The summed E-state index contributed by atoms with van der Waals surface area (Å²) >= 11 is 1.54. The van der Waals surface area contributed by atoms with Crippen LogP contribution in [-0.2, 0) is 11.2 Å². The normalized spacial score (nSPS) is 15.6. The van der Waals surface area contributed by atoms with Gasteiger partial charge in [-0.3, -0.25) is 14.2 Å². The van der Waals surface area contributed by atoms with Crippen molar-refractivity contribution in [3.8, 4) is 5.75 Å². The third-order valence-corrected chi connectivity index (χ3v) is 5.75. The van der Waals surface area contributed by atoms with E-state index in [-0.39, 0.29) is 23.9 Å². The monoisotopic (exact) mass is 373 g/mol. The molecule has 1 atom stereocenters. The summed E-state index contributed by atoms with van der Waals surface area (Å²) in [6, 6.07) is 7.64. The van der Waals surface area contributed by atoms with Crippen molar-refractivity contribution in [1.82, 2.24) is 14.9 Å². The average molecular weight is 373 g/mol. The molecular formula is C19H23N3O3S. The van der Waals surface area contributed by atoms with Gasteiger partial charge in [0, 0.05) is 30.0 Å². The van der Waals surface area contributed by atoms with Gasteiger partial charge in [-0.15, -0.1) is 0 Å². The number of fused-ring (bicyclic) bond motifs is 1. The molecule has 6 nitrogen and oxygen atoms in total. The first-order chi connectivity index (χ1) is 12.5. The molecule has 0 fully saturated rings. The van der Waals surface area contributed by atoms with E-state index in [2.05, 4.69) is 10.3 Å². The van der Waals surface area contributed by atoms with Crippen LogP contribution < -0.4 is 15.6 Å². The molecule has 2 aromatic rings. The highest BCUT2D eigenvalue weighted by atomic mass is 32.2. The Morgan fingerprint density at radius 3 is 2.92 bits per heavy atom. The number of hydrogen-bond acceptors (Lipinski definition) is 5. The number of nitrogens with zero attached hydrogens (tertiary/aromatic N) is 2. The van der Waals surface area contributed by atoms with E-state index in [0.717, 1.165) is 17.0 Å². The molecule has 1 N–H and O–H groups in total. The minimum Gasteiger partial charge on any atom is -0.496 e. The molecule has 26 heavy (non-hydrogen) atoms. The van der Waals surface area contributed by atoms with Crippen LogP contribution in [0.15, 0.2) is 34.2 Å². The number of thioether (sulfide) groups is 1. The van der Waals surface area contributed by atoms with Gasteiger partial charge in [0.25, 0.3) is 5.56 Å². The first-order valence-electron chi connectivity index (χ1n) is 8.62. The standard InChI is InChI=1S/C19H23N3O3S/c1-12-13(2)21-19-22(18(12)24)15(11-26-19)10-17(23)20-9-8-14-6-4-5-7-16(14)25-3/h4-7,15H,8-11H2,1-3H3,(H,20,23). The minimum atomic E-state index is -0.138. The third kappa shape index (κ3) is 3.77. The molecule has 2 heterocycles. The van der Waals surface area contributed by atoms with Crippen LogP contribution in [0.3, 0.4) is 0 Å². The van der Waals surface area contributed by atoms with Crippen LogP contribution in [0.5, 0.6) is 5.75 Å². The summed E-state index contributed by atoms with van der Waals surface area (Å²) in [5.41, 5.74) is 2.43. The predicted molar refractivity (Wildman–Crippen MR) is 102 cm³/mol. The summed E-state index contributed by atoms with van der Waals surface area (Å²) in [4.78, 5) is 29.3. The Morgan fingerprint density at radius 1 is 1.38 bits per heavy atom. The Bertz CT molecular complexity index is 879. The van der Waals surface area contributed by atoms with Crippen molar-refractivity contribution in [2.75, 3.05) is 19.4 Å². The number of carbonyl (C=O) groups excluding carboxylic acids is 1. The van der Waals surface area contributed by atoms with Crippen LogP contribution in [0.1, 0.15) is 29.3 Å². The lowest BCUT2D eigenvalue weighted by atomic mass is 10.1. The number of amides is 1. The van der Waals surface area contributed by atoms with E-state index in [1.165, 1.54) is 11.8 Å². The molecule has 1 unspecified atom stereocenters. The van der Waals surface area contributed by atoms with E-state index < -0.39 is 0 Å². The molecule has 1 aliphatic heterocycles. The topological polar surface area (TPSA) is 73.2 Å². The summed E-state index contributed by atoms with van der Waals surface area (Å²) in [5.74, 6) is 1.47. The van der Waals surface area contributed by atoms with Crippen molar-refractivity contribution in [1.29, 1.82) is 0 Å². The van der Waals surface area contributed by atoms with Crippen LogP contribution in [-0.4, -0.2) is 34.9 Å². The quantitative estimate of drug-likeness (QED) is 0.787. The second-order valence-corrected chi connectivity index (χ2v) is 7.35. The maximum absolute atomic E-state index is 12.5. The van der Waals surface area contributed by atoms with Crippen molar-refractivity contribution in [2.45, 2.75) is 37.9 Å². The maximum Gasteiger partial charge on any atom is 0.257 e. The van der Waals surface area contributed by atoms with Gasteiger partial charge in [-0.2, -0.15) is 0 Å². The van der Waals surface area contributed by atoms with E-state index >= 15 is 0 Å². The minimum absolute atomic E-state index is 0.0377. The van der Waals surface area contributed by atoms with Crippen molar-refractivity contribution >= 4 is 17.7 Å². The molecule has 3 rings (SSSR count). The first kappa shape index (κ1) is 18.5. The molecule has 1 amide bonds. The molecule has 138 valence electrons. The van der Waals surface area contributed by atoms with Crippen LogP contribution in [0.2, 0.25) is 0 Å². The third-order valence-electron chi connectivity index (χ3n) is 4.65. The zero-order chi connectivity index (χ0) is 18.7. The molecule has 7 heteroatoms. The van der Waals surface area contributed by atoms with Crippen LogP contribution in [0.4, 0.5) is 0 Å². The molecular weight excluding hydrogens is 350 g/mol. The Morgan fingerprint density at radius 2 is 2.15 bits per heavy atom. The van der Waals surface area contributed by atoms with Crippen LogP contribution in [0.25, 0.3) is 0 Å². The number of methoxy groups -OCH3 is 1. The summed E-state index contributed by atoms with van der Waals surface area (Å²) in [6.07, 6.45) is 0.988. The SMILES string of the molecule is COc1ccccc1CCNC(=O)CC1CSc2nc(C)c(C)c(=O)n21. The summed E-state index contributed by atoms with van der Waals surface area (Å²) in [7, 11) is 1.64. The largest absolute Gasteiger partial charge is 0.496 e. The fourth-order valence-corrected chi connectivity index (χ4v) is 4.24. The number of rotatable bonds is 6. The number of benzene rings is 1. The average Bonchev–Trinajstić information content (AvgIpc) is 3.02. The summed E-state index contributed by atoms with van der Waals surface area (Å²) in [5, 5.41) is 3.66. The van der Waals surface area contributed by atoms with Gasteiger partial charge in [0.05, 0.1) is 13.2 Å². The van der Waals surface area contributed by atoms with Crippen LogP contribution >= 0.6 is 11.8 Å². The molecule has 1 aromatic carbocycles. The molecule has 0 radical (unpaired) electrons. The Hall–Kier alpha value is -2.28. The fraction of sp³-hybridized carbons (Fsp3) is 0.421. The van der Waals surface area contributed by atoms with E-state index in [1.54, 1.807) is 18.6 Å². The zero-order valence-corrected chi connectivity index (χ0v) is 16.1. The molecule has 0 saturated heterocycles. The van der Waals surface area contributed by atoms with Gasteiger partial charge in [0.1, 0.15) is 5.75 Å². The number of para-hydroxylation sites is 1. The second kappa shape index (κ2) is 7.95. The van der Waals surface area contributed by atoms with Crippen molar-refractivity contribution in [3.63, 3.8) is 0 Å². The van der Waals surface area contributed by atoms with Gasteiger partial charge < -0.3 is 10.1 Å². The zero-order valence-electron chi connectivity index (χ0n) is 15.2. The number of ether oxygens (including phenoxy) is 1. The first-order valence-corrected chi connectivity index (χ1v) is 9.61. The number of hydrogen-bond donors (Lipinski definition) is 1. The summed E-state index contributed by atoms with van der Waals surface area (Å²) in [6.45, 7) is 4.16. The highest BCUT2D eigenvalue weighted by Crippen LogP contribution is 2.32. The van der Waals surface area contributed by atoms with Gasteiger partial charge in [-0.05, 0) is 31.9 Å². The van der Waals surface area contributed by atoms with E-state index in [1.807, 2.05) is 31.2 Å². The smallest absolute Gasteiger partial charge is 0.257 e. The van der Waals surface area contributed by atoms with Gasteiger partial charge >= 0.3 is 0 Å². The fourth-order valence-electron chi connectivity index (χ4n) is 3.06. The van der Waals surface area contributed by atoms with Gasteiger partial charge in [-0.25, -0.2) is 4.98 Å². The molecule has 0 bridgehead atoms. The van der Waals surface area contributed by atoms with E-state index in [0.29, 0.717) is 29.4 Å². The number of aromatic nitrogens is 2. The lowest BCUT2D eigenvalue weighted by molar-refractivity contribution is -0.121. The summed E-state index contributed by atoms with van der Waals surface area (Å²) < 4.78 is 7.00. The van der Waals surface area contributed by atoms with Gasteiger partial charge in [0.2, 0.25) is 5.91 Å². The lowest BCUT2D eigenvalue weighted by Gasteiger charge is -2.15. The highest BCUT2D eigenvalue weighted by molar-refractivity contribution is 7.99. The Balaban J connectivity index is 1.59. The van der Waals surface area contributed by atoms with Gasteiger partial charge in [0.15, 0.2) is 5.16 Å². The Labute approximate surface area is 157 Å².